The van der Waals surface area contributed by atoms with E-state index in [-0.39, 0.29) is 5.56 Å². The Bertz CT molecular complexity index is 863. The summed E-state index contributed by atoms with van der Waals surface area (Å²) >= 11 is 6.77. The molecule has 23 heavy (non-hydrogen) atoms. The minimum absolute atomic E-state index is 0.199. The minimum Gasteiger partial charge on any atom is -0.478 e. The van der Waals surface area contributed by atoms with Gasteiger partial charge in [-0.05, 0) is 31.2 Å². The van der Waals surface area contributed by atoms with Crippen LogP contribution in [0.3, 0.4) is 0 Å². The van der Waals surface area contributed by atoms with Crippen molar-refractivity contribution in [2.75, 3.05) is 0 Å². The molecule has 2 aromatic carbocycles. The van der Waals surface area contributed by atoms with Gasteiger partial charge >= 0.3 is 5.97 Å². The Balaban J connectivity index is 2.20. The zero-order chi connectivity index (χ0) is 16.6. The maximum Gasteiger partial charge on any atom is 0.339 e. The average molecular weight is 436 g/mol. The summed E-state index contributed by atoms with van der Waals surface area (Å²) in [4.78, 5) is 11.7. The molecule has 0 radical (unpaired) electrons. The van der Waals surface area contributed by atoms with Crippen LogP contribution in [-0.2, 0) is 0 Å². The molecular weight excluding hydrogens is 424 g/mol. The lowest BCUT2D eigenvalue weighted by molar-refractivity contribution is 0.0696. The number of carboxylic acid groups (broad SMARTS) is 1. The highest BCUT2D eigenvalue weighted by Crippen LogP contribution is 2.37. The van der Waals surface area contributed by atoms with Crippen LogP contribution in [0.5, 0.6) is 0 Å². The highest BCUT2D eigenvalue weighted by molar-refractivity contribution is 9.10. The molecule has 5 heteroatoms. The first kappa shape index (κ1) is 16.0. The van der Waals surface area contributed by atoms with Gasteiger partial charge in [-0.25, -0.2) is 4.79 Å². The van der Waals surface area contributed by atoms with E-state index >= 15 is 0 Å². The zero-order valence-electron chi connectivity index (χ0n) is 12.1. The van der Waals surface area contributed by atoms with Crippen molar-refractivity contribution in [2.45, 2.75) is 6.92 Å². The van der Waals surface area contributed by atoms with Crippen molar-refractivity contribution in [3.05, 3.63) is 68.6 Å². The fraction of sp³-hybridized carbons (Fsp3) is 0.0556. The smallest absolute Gasteiger partial charge is 0.339 e. The molecule has 0 atom stereocenters. The Morgan fingerprint density at radius 1 is 0.870 bits per heavy atom. The van der Waals surface area contributed by atoms with Crippen LogP contribution in [0, 0.1) is 6.92 Å². The number of halogens is 2. The molecule has 0 saturated heterocycles. The third-order valence-electron chi connectivity index (χ3n) is 3.57. The van der Waals surface area contributed by atoms with E-state index in [4.69, 9.17) is 4.42 Å². The summed E-state index contributed by atoms with van der Waals surface area (Å²) < 4.78 is 7.83. The summed E-state index contributed by atoms with van der Waals surface area (Å²) in [5.74, 6) is -0.0410. The fourth-order valence-electron chi connectivity index (χ4n) is 2.45. The van der Waals surface area contributed by atoms with Crippen LogP contribution >= 0.6 is 31.9 Å². The van der Waals surface area contributed by atoms with Crippen LogP contribution in [0.1, 0.15) is 15.9 Å². The van der Waals surface area contributed by atoms with Gasteiger partial charge in [-0.3, -0.25) is 0 Å². The first-order chi connectivity index (χ1) is 11.0. The highest BCUT2D eigenvalue weighted by atomic mass is 79.9. The van der Waals surface area contributed by atoms with Crippen molar-refractivity contribution in [1.29, 1.82) is 0 Å². The average Bonchev–Trinajstić information content (AvgIpc) is 2.86. The van der Waals surface area contributed by atoms with Crippen LogP contribution in [0.25, 0.3) is 22.6 Å². The monoisotopic (exact) mass is 434 g/mol. The van der Waals surface area contributed by atoms with E-state index in [2.05, 4.69) is 31.9 Å². The zero-order valence-corrected chi connectivity index (χ0v) is 15.3. The number of hydrogen-bond donors (Lipinski definition) is 1. The van der Waals surface area contributed by atoms with E-state index in [1.165, 1.54) is 0 Å². The lowest BCUT2D eigenvalue weighted by Crippen LogP contribution is -1.99. The summed E-state index contributed by atoms with van der Waals surface area (Å²) in [6, 6.07) is 15.0. The molecule has 0 spiro atoms. The summed E-state index contributed by atoms with van der Waals surface area (Å²) in [6.45, 7) is 1.77. The number of rotatable bonds is 3. The van der Waals surface area contributed by atoms with Crippen molar-refractivity contribution >= 4 is 37.8 Å². The van der Waals surface area contributed by atoms with Crippen molar-refractivity contribution < 1.29 is 14.3 Å². The van der Waals surface area contributed by atoms with Crippen molar-refractivity contribution in [1.82, 2.24) is 0 Å². The molecule has 3 aromatic rings. The van der Waals surface area contributed by atoms with Gasteiger partial charge < -0.3 is 9.52 Å². The molecule has 3 nitrogen and oxygen atoms in total. The molecule has 0 amide bonds. The van der Waals surface area contributed by atoms with Crippen molar-refractivity contribution in [3.8, 4) is 22.6 Å². The predicted molar refractivity (Wildman–Crippen MR) is 96.7 cm³/mol. The van der Waals surface area contributed by atoms with E-state index in [0.717, 1.165) is 20.1 Å². The van der Waals surface area contributed by atoms with Gasteiger partial charge in [0.2, 0.25) is 0 Å². The molecule has 1 aromatic heterocycles. The Morgan fingerprint density at radius 3 is 1.74 bits per heavy atom. The van der Waals surface area contributed by atoms with Gasteiger partial charge in [-0.2, -0.15) is 0 Å². The first-order valence-corrected chi connectivity index (χ1v) is 8.44. The van der Waals surface area contributed by atoms with Gasteiger partial charge in [0.1, 0.15) is 17.1 Å². The number of carbonyl (C=O) groups is 1. The third kappa shape index (κ3) is 3.12. The van der Waals surface area contributed by atoms with Crippen molar-refractivity contribution in [3.63, 3.8) is 0 Å². The lowest BCUT2D eigenvalue weighted by Gasteiger charge is -2.00. The summed E-state index contributed by atoms with van der Waals surface area (Å²) in [5.41, 5.74) is 2.40. The second-order valence-electron chi connectivity index (χ2n) is 5.08. The van der Waals surface area contributed by atoms with E-state index < -0.39 is 5.97 Å². The third-order valence-corrected chi connectivity index (χ3v) is 4.63. The molecular formula is C18H12Br2O3. The SMILES string of the molecule is Cc1c(-c2ccc(Br)cc2)oc(-c2ccc(Br)cc2)c1C(=O)O. The molecule has 0 aliphatic rings. The van der Waals surface area contributed by atoms with Gasteiger partial charge in [-0.15, -0.1) is 0 Å². The Labute approximate surface area is 150 Å². The minimum atomic E-state index is -0.993. The van der Waals surface area contributed by atoms with Gasteiger partial charge in [-0.1, -0.05) is 56.1 Å². The van der Waals surface area contributed by atoms with Crippen LogP contribution in [0.2, 0.25) is 0 Å². The molecule has 0 bridgehead atoms. The van der Waals surface area contributed by atoms with Crippen LogP contribution in [0.4, 0.5) is 0 Å². The van der Waals surface area contributed by atoms with Crippen LogP contribution in [-0.4, -0.2) is 11.1 Å². The highest BCUT2D eigenvalue weighted by Gasteiger charge is 2.24. The van der Waals surface area contributed by atoms with E-state index in [1.807, 2.05) is 48.5 Å². The molecule has 0 saturated carbocycles. The lowest BCUT2D eigenvalue weighted by atomic mass is 10.0. The van der Waals surface area contributed by atoms with Gasteiger partial charge in [0.05, 0.1) is 0 Å². The van der Waals surface area contributed by atoms with E-state index in [9.17, 15) is 9.90 Å². The summed E-state index contributed by atoms with van der Waals surface area (Å²) in [5, 5.41) is 9.59. The first-order valence-electron chi connectivity index (χ1n) is 6.86. The standard InChI is InChI=1S/C18H12Br2O3/c1-10-15(18(21)22)17(12-4-8-14(20)9-5-12)23-16(10)11-2-6-13(19)7-3-11/h2-9H,1H3,(H,21,22). The van der Waals surface area contributed by atoms with E-state index in [0.29, 0.717) is 17.1 Å². The molecule has 1 N–H and O–H groups in total. The molecule has 0 fully saturated rings. The molecule has 3 rings (SSSR count). The number of aromatic carboxylic acids is 1. The Kier molecular flexibility index (Phi) is 4.41. The van der Waals surface area contributed by atoms with Gasteiger partial charge in [0, 0.05) is 25.6 Å². The second-order valence-corrected chi connectivity index (χ2v) is 6.91. The number of hydrogen-bond acceptors (Lipinski definition) is 2. The number of furan rings is 1. The summed E-state index contributed by atoms with van der Waals surface area (Å²) in [6.07, 6.45) is 0. The topological polar surface area (TPSA) is 50.4 Å². The van der Waals surface area contributed by atoms with Crippen molar-refractivity contribution in [2.24, 2.45) is 0 Å². The van der Waals surface area contributed by atoms with Crippen LogP contribution < -0.4 is 0 Å². The van der Waals surface area contributed by atoms with Gasteiger partial charge in [0.15, 0.2) is 0 Å². The van der Waals surface area contributed by atoms with Gasteiger partial charge in [0.25, 0.3) is 0 Å². The number of benzene rings is 2. The number of carboxylic acids is 1. The maximum absolute atomic E-state index is 11.7. The largest absolute Gasteiger partial charge is 0.478 e. The fourth-order valence-corrected chi connectivity index (χ4v) is 2.98. The quantitative estimate of drug-likeness (QED) is 0.537. The predicted octanol–water partition coefficient (Wildman–Crippen LogP) is 6.15. The van der Waals surface area contributed by atoms with Crippen LogP contribution in [0.15, 0.2) is 61.9 Å². The van der Waals surface area contributed by atoms with E-state index in [1.54, 1.807) is 6.92 Å². The Hall–Kier alpha value is -1.85. The summed E-state index contributed by atoms with van der Waals surface area (Å²) in [7, 11) is 0. The molecule has 0 aliphatic carbocycles. The molecule has 116 valence electrons. The Morgan fingerprint density at radius 2 is 1.30 bits per heavy atom. The maximum atomic E-state index is 11.7. The molecule has 1 heterocycles. The molecule has 0 unspecified atom stereocenters. The second kappa shape index (κ2) is 6.34. The molecule has 0 aliphatic heterocycles. The normalized spacial score (nSPS) is 10.7.